The topological polar surface area (TPSA) is 111 Å². The Kier molecular flexibility index (Phi) is 6.76. The minimum atomic E-state index is -0.483. The van der Waals surface area contributed by atoms with E-state index >= 15 is 0 Å². The molecule has 1 aliphatic rings. The molecule has 3 rings (SSSR count). The number of carbonyl (C=O) groups is 2. The van der Waals surface area contributed by atoms with Gasteiger partial charge in [0.05, 0.1) is 19.9 Å². The highest BCUT2D eigenvalue weighted by Crippen LogP contribution is 2.36. The van der Waals surface area contributed by atoms with Gasteiger partial charge in [0.25, 0.3) is 11.6 Å². The lowest BCUT2D eigenvalue weighted by molar-refractivity contribution is -0.384. The maximum Gasteiger partial charge on any atom is 0.286 e. The Bertz CT molecular complexity index is 1080. The van der Waals surface area contributed by atoms with Crippen molar-refractivity contribution in [3.63, 3.8) is 0 Å². The lowest BCUT2D eigenvalue weighted by atomic mass is 10.2. The van der Waals surface area contributed by atoms with E-state index < -0.39 is 10.8 Å². The van der Waals surface area contributed by atoms with Crippen molar-refractivity contribution in [3.8, 4) is 5.75 Å². The molecule has 0 aromatic heterocycles. The van der Waals surface area contributed by atoms with Gasteiger partial charge in [-0.2, -0.15) is 4.99 Å². The van der Waals surface area contributed by atoms with Gasteiger partial charge in [-0.05, 0) is 53.2 Å². The number of ether oxygens (including phenoxy) is 1. The highest BCUT2D eigenvalue weighted by atomic mass is 35.5. The number of nitrogens with one attached hydrogen (secondary N) is 1. The molecule has 1 heterocycles. The normalized spacial score (nSPS) is 14.6. The van der Waals surface area contributed by atoms with E-state index in [1.807, 2.05) is 0 Å². The van der Waals surface area contributed by atoms with Crippen LogP contribution in [0.4, 0.5) is 5.69 Å². The van der Waals surface area contributed by atoms with Crippen LogP contribution in [-0.2, 0) is 16.2 Å². The molecule has 2 aromatic carbocycles. The number of hydrogen-bond acceptors (Lipinski definition) is 6. The first-order valence-corrected chi connectivity index (χ1v) is 9.95. The molecule has 0 saturated carbocycles. The smallest absolute Gasteiger partial charge is 0.286 e. The van der Waals surface area contributed by atoms with E-state index in [0.717, 1.165) is 11.8 Å². The van der Waals surface area contributed by atoms with Gasteiger partial charge < -0.3 is 10.1 Å². The molecule has 0 aliphatic carbocycles. The van der Waals surface area contributed by atoms with Crippen molar-refractivity contribution in [2.24, 2.45) is 4.99 Å². The van der Waals surface area contributed by atoms with Gasteiger partial charge in [-0.25, -0.2) is 0 Å². The standard InChI is InChI=1S/C19H13Cl2N3O5S/c1-10(25)22-19-23-18(26)16(30-19)8-12-6-14(20)17(15(21)7-12)29-9-11-2-4-13(5-3-11)24(27)28/h2-8H,9H2,1H3,(H,22,23,25,26)/b16-8+. The fraction of sp³-hybridized carbons (Fsp3) is 0.105. The summed E-state index contributed by atoms with van der Waals surface area (Å²) in [6.45, 7) is 1.43. The third-order valence-electron chi connectivity index (χ3n) is 3.75. The summed E-state index contributed by atoms with van der Waals surface area (Å²) in [6, 6.07) is 9.07. The van der Waals surface area contributed by atoms with E-state index in [1.165, 1.54) is 19.1 Å². The zero-order valence-corrected chi connectivity index (χ0v) is 17.7. The molecule has 2 amide bonds. The van der Waals surface area contributed by atoms with Crippen LogP contribution < -0.4 is 10.1 Å². The van der Waals surface area contributed by atoms with Gasteiger partial charge in [0.1, 0.15) is 6.61 Å². The SMILES string of the molecule is CC(=O)NC1=NC(=O)/C(=C\c2cc(Cl)c(OCc3ccc([N+](=O)[O-])cc3)c(Cl)c2)S1. The lowest BCUT2D eigenvalue weighted by Gasteiger charge is -2.11. The van der Waals surface area contributed by atoms with E-state index in [0.29, 0.717) is 16.0 Å². The van der Waals surface area contributed by atoms with Crippen molar-refractivity contribution in [1.82, 2.24) is 5.32 Å². The highest BCUT2D eigenvalue weighted by molar-refractivity contribution is 8.18. The quantitative estimate of drug-likeness (QED) is 0.392. The molecular formula is C19H13Cl2N3O5S. The monoisotopic (exact) mass is 465 g/mol. The van der Waals surface area contributed by atoms with Crippen LogP contribution in [0.15, 0.2) is 46.3 Å². The van der Waals surface area contributed by atoms with Crippen molar-refractivity contribution in [2.45, 2.75) is 13.5 Å². The maximum atomic E-state index is 12.0. The number of amidine groups is 1. The summed E-state index contributed by atoms with van der Waals surface area (Å²) in [6.07, 6.45) is 1.56. The van der Waals surface area contributed by atoms with Crippen molar-refractivity contribution in [2.75, 3.05) is 0 Å². The van der Waals surface area contributed by atoms with Gasteiger partial charge in [0.2, 0.25) is 5.91 Å². The van der Waals surface area contributed by atoms with Crippen molar-refractivity contribution in [1.29, 1.82) is 0 Å². The molecule has 154 valence electrons. The molecule has 30 heavy (non-hydrogen) atoms. The van der Waals surface area contributed by atoms with E-state index in [2.05, 4.69) is 10.3 Å². The fourth-order valence-corrected chi connectivity index (χ4v) is 3.91. The van der Waals surface area contributed by atoms with Crippen LogP contribution in [-0.4, -0.2) is 21.9 Å². The third kappa shape index (κ3) is 5.38. The van der Waals surface area contributed by atoms with Crippen LogP contribution in [0.2, 0.25) is 10.0 Å². The number of aliphatic imine (C=N–C) groups is 1. The average molecular weight is 466 g/mol. The minimum Gasteiger partial charge on any atom is -0.486 e. The van der Waals surface area contributed by atoms with Gasteiger partial charge in [0, 0.05) is 19.1 Å². The van der Waals surface area contributed by atoms with E-state index in [1.54, 1.807) is 30.3 Å². The second-order valence-electron chi connectivity index (χ2n) is 6.04. The van der Waals surface area contributed by atoms with Crippen LogP contribution in [0.3, 0.4) is 0 Å². The number of rotatable bonds is 5. The van der Waals surface area contributed by atoms with Crippen LogP contribution >= 0.6 is 35.0 Å². The molecule has 0 fully saturated rings. The summed E-state index contributed by atoms with van der Waals surface area (Å²) in [7, 11) is 0. The Morgan fingerprint density at radius 2 is 1.90 bits per heavy atom. The Morgan fingerprint density at radius 3 is 2.47 bits per heavy atom. The molecule has 0 atom stereocenters. The van der Waals surface area contributed by atoms with Crippen molar-refractivity contribution < 1.29 is 19.2 Å². The number of nitrogens with zero attached hydrogens (tertiary/aromatic N) is 2. The minimum absolute atomic E-state index is 0.0165. The number of halogens is 2. The first-order chi connectivity index (χ1) is 14.2. The Morgan fingerprint density at radius 1 is 1.27 bits per heavy atom. The van der Waals surface area contributed by atoms with Crippen LogP contribution in [0.5, 0.6) is 5.75 Å². The Balaban J connectivity index is 1.72. The molecule has 11 heteroatoms. The first kappa shape index (κ1) is 21.8. The van der Waals surface area contributed by atoms with Gasteiger partial charge in [-0.3, -0.25) is 19.7 Å². The number of hydrogen-bond donors (Lipinski definition) is 1. The summed E-state index contributed by atoms with van der Waals surface area (Å²) < 4.78 is 5.66. The Hall–Kier alpha value is -2.88. The molecule has 1 N–H and O–H groups in total. The second kappa shape index (κ2) is 9.29. The second-order valence-corrected chi connectivity index (χ2v) is 7.88. The molecule has 2 aromatic rings. The zero-order valence-electron chi connectivity index (χ0n) is 15.3. The molecule has 0 bridgehead atoms. The average Bonchev–Trinajstić information content (AvgIpc) is 2.99. The third-order valence-corrected chi connectivity index (χ3v) is 5.21. The fourth-order valence-electron chi connectivity index (χ4n) is 2.43. The molecule has 0 unspecified atom stereocenters. The van der Waals surface area contributed by atoms with Gasteiger partial charge in [-0.15, -0.1) is 0 Å². The Labute approximate surface area is 185 Å². The summed E-state index contributed by atoms with van der Waals surface area (Å²) in [5.41, 5.74) is 1.24. The molecule has 8 nitrogen and oxygen atoms in total. The van der Waals surface area contributed by atoms with E-state index in [-0.39, 0.29) is 39.2 Å². The first-order valence-electron chi connectivity index (χ1n) is 8.38. The van der Waals surface area contributed by atoms with E-state index in [9.17, 15) is 19.7 Å². The predicted molar refractivity (Wildman–Crippen MR) is 116 cm³/mol. The number of benzene rings is 2. The predicted octanol–water partition coefficient (Wildman–Crippen LogP) is 4.59. The van der Waals surface area contributed by atoms with Crippen LogP contribution in [0.25, 0.3) is 6.08 Å². The number of non-ortho nitro benzene ring substituents is 1. The maximum absolute atomic E-state index is 12.0. The van der Waals surface area contributed by atoms with Crippen LogP contribution in [0.1, 0.15) is 18.1 Å². The number of thioether (sulfide) groups is 1. The molecule has 1 aliphatic heterocycles. The zero-order chi connectivity index (χ0) is 21.8. The van der Waals surface area contributed by atoms with Gasteiger partial charge in [0.15, 0.2) is 10.9 Å². The lowest BCUT2D eigenvalue weighted by Crippen LogP contribution is -2.23. The highest BCUT2D eigenvalue weighted by Gasteiger charge is 2.23. The summed E-state index contributed by atoms with van der Waals surface area (Å²) in [4.78, 5) is 37.4. The number of nitro benzene ring substituents is 1. The van der Waals surface area contributed by atoms with E-state index in [4.69, 9.17) is 27.9 Å². The van der Waals surface area contributed by atoms with Crippen molar-refractivity contribution >= 4 is 63.7 Å². The molecule has 0 radical (unpaired) electrons. The van der Waals surface area contributed by atoms with Gasteiger partial charge in [-0.1, -0.05) is 23.2 Å². The summed E-state index contributed by atoms with van der Waals surface area (Å²) in [5.74, 6) is -0.551. The molecular weight excluding hydrogens is 453 g/mol. The number of nitro groups is 1. The summed E-state index contributed by atoms with van der Waals surface area (Å²) >= 11 is 13.6. The summed E-state index contributed by atoms with van der Waals surface area (Å²) in [5, 5.41) is 13.8. The molecule has 0 saturated heterocycles. The molecule has 0 spiro atoms. The largest absolute Gasteiger partial charge is 0.486 e. The number of amides is 2. The van der Waals surface area contributed by atoms with Crippen LogP contribution in [0, 0.1) is 10.1 Å². The van der Waals surface area contributed by atoms with Gasteiger partial charge >= 0.3 is 0 Å². The van der Waals surface area contributed by atoms with Crippen molar-refractivity contribution in [3.05, 3.63) is 72.6 Å². The number of carbonyl (C=O) groups excluding carboxylic acids is 2.